The minimum Gasteiger partial charge on any atom is -0.377 e. The fourth-order valence-electron chi connectivity index (χ4n) is 1.33. The Hall–Kier alpha value is -0.0500. The Labute approximate surface area is 78.9 Å². The maximum Gasteiger partial charge on any atom is 0.0700 e. The fourth-order valence-corrected chi connectivity index (χ4v) is 1.41. The van der Waals surface area contributed by atoms with Crippen LogP contribution in [0.3, 0.4) is 0 Å². The molecule has 0 aromatic carbocycles. The van der Waals surface area contributed by atoms with Crippen LogP contribution in [0.15, 0.2) is 11.1 Å². The fraction of sp³-hybridized carbons (Fsp3) is 0.778. The molecule has 0 spiro atoms. The third-order valence-electron chi connectivity index (χ3n) is 2.21. The van der Waals surface area contributed by atoms with E-state index in [1.54, 1.807) is 5.54 Å². The van der Waals surface area contributed by atoms with Crippen LogP contribution >= 0.6 is 11.6 Å². The SMILES string of the molecule is CC(=CCl)CNC1CCOC1C. The van der Waals surface area contributed by atoms with E-state index in [1.165, 1.54) is 0 Å². The highest BCUT2D eigenvalue weighted by Crippen LogP contribution is 2.12. The first-order chi connectivity index (χ1) is 5.74. The first-order valence-corrected chi connectivity index (χ1v) is 4.78. The quantitative estimate of drug-likeness (QED) is 0.733. The molecule has 12 heavy (non-hydrogen) atoms. The van der Waals surface area contributed by atoms with Gasteiger partial charge in [-0.3, -0.25) is 0 Å². The Morgan fingerprint density at radius 1 is 1.75 bits per heavy atom. The van der Waals surface area contributed by atoms with Crippen LogP contribution in [0, 0.1) is 0 Å². The van der Waals surface area contributed by atoms with Crippen molar-refractivity contribution >= 4 is 11.6 Å². The highest BCUT2D eigenvalue weighted by atomic mass is 35.5. The summed E-state index contributed by atoms with van der Waals surface area (Å²) in [5.41, 5.74) is 2.78. The van der Waals surface area contributed by atoms with Crippen LogP contribution in [0.25, 0.3) is 0 Å². The Morgan fingerprint density at radius 3 is 3.00 bits per heavy atom. The second-order valence-electron chi connectivity index (χ2n) is 3.31. The van der Waals surface area contributed by atoms with E-state index in [9.17, 15) is 0 Å². The second-order valence-corrected chi connectivity index (χ2v) is 3.53. The number of nitrogens with one attached hydrogen (secondary N) is 1. The Kier molecular flexibility index (Phi) is 4.06. The van der Waals surface area contributed by atoms with Crippen LogP contribution in [0.5, 0.6) is 0 Å². The van der Waals surface area contributed by atoms with Crippen LogP contribution in [0.4, 0.5) is 0 Å². The predicted molar refractivity (Wildman–Crippen MR) is 51.4 cm³/mol. The third-order valence-corrected chi connectivity index (χ3v) is 2.58. The van der Waals surface area contributed by atoms with E-state index < -0.39 is 0 Å². The smallest absolute Gasteiger partial charge is 0.0700 e. The second kappa shape index (κ2) is 4.85. The molecule has 0 bridgehead atoms. The van der Waals surface area contributed by atoms with Crippen LogP contribution in [0.1, 0.15) is 20.3 Å². The van der Waals surface area contributed by atoms with Gasteiger partial charge >= 0.3 is 0 Å². The molecule has 1 fully saturated rings. The monoisotopic (exact) mass is 189 g/mol. The van der Waals surface area contributed by atoms with Crippen molar-refractivity contribution in [1.29, 1.82) is 0 Å². The standard InChI is InChI=1S/C9H16ClNO/c1-7(5-10)6-11-9-3-4-12-8(9)2/h5,8-9,11H,3-4,6H2,1-2H3. The van der Waals surface area contributed by atoms with Gasteiger partial charge in [0.25, 0.3) is 0 Å². The molecule has 1 aliphatic rings. The van der Waals surface area contributed by atoms with Crippen LogP contribution in [0.2, 0.25) is 0 Å². The molecule has 2 unspecified atom stereocenters. The van der Waals surface area contributed by atoms with E-state index in [4.69, 9.17) is 16.3 Å². The van der Waals surface area contributed by atoms with Crippen molar-refractivity contribution < 1.29 is 4.74 Å². The van der Waals surface area contributed by atoms with Gasteiger partial charge in [-0.05, 0) is 25.8 Å². The summed E-state index contributed by atoms with van der Waals surface area (Å²) < 4.78 is 5.42. The van der Waals surface area contributed by atoms with Gasteiger partial charge in [0, 0.05) is 24.7 Å². The highest BCUT2D eigenvalue weighted by molar-refractivity contribution is 6.25. The first kappa shape index (κ1) is 10.0. The highest BCUT2D eigenvalue weighted by Gasteiger charge is 2.22. The van der Waals surface area contributed by atoms with E-state index in [2.05, 4.69) is 12.2 Å². The molecular weight excluding hydrogens is 174 g/mol. The van der Waals surface area contributed by atoms with Gasteiger partial charge < -0.3 is 10.1 Å². The molecule has 1 rings (SSSR count). The molecule has 1 saturated heterocycles. The predicted octanol–water partition coefficient (Wildman–Crippen LogP) is 1.90. The van der Waals surface area contributed by atoms with Crippen LogP contribution in [-0.4, -0.2) is 25.3 Å². The summed E-state index contributed by atoms with van der Waals surface area (Å²) in [7, 11) is 0. The Balaban J connectivity index is 2.22. The van der Waals surface area contributed by atoms with Crippen molar-refractivity contribution in [2.75, 3.05) is 13.2 Å². The van der Waals surface area contributed by atoms with Gasteiger partial charge in [-0.15, -0.1) is 0 Å². The Bertz CT molecular complexity index is 170. The largest absolute Gasteiger partial charge is 0.377 e. The molecule has 0 saturated carbocycles. The molecule has 0 amide bonds. The summed E-state index contributed by atoms with van der Waals surface area (Å²) in [6, 6.07) is 0.497. The van der Waals surface area contributed by atoms with Crippen molar-refractivity contribution in [2.45, 2.75) is 32.4 Å². The van der Waals surface area contributed by atoms with Crippen molar-refractivity contribution in [3.05, 3.63) is 11.1 Å². The first-order valence-electron chi connectivity index (χ1n) is 4.35. The molecule has 70 valence electrons. The Morgan fingerprint density at radius 2 is 2.50 bits per heavy atom. The maximum atomic E-state index is 5.54. The summed E-state index contributed by atoms with van der Waals surface area (Å²) in [5, 5.41) is 3.40. The van der Waals surface area contributed by atoms with Crippen LogP contribution < -0.4 is 5.32 Å². The van der Waals surface area contributed by atoms with Crippen molar-refractivity contribution in [1.82, 2.24) is 5.32 Å². The van der Waals surface area contributed by atoms with E-state index in [0.29, 0.717) is 12.1 Å². The average Bonchev–Trinajstić information content (AvgIpc) is 2.47. The lowest BCUT2D eigenvalue weighted by Crippen LogP contribution is -2.35. The van der Waals surface area contributed by atoms with Gasteiger partial charge in [-0.1, -0.05) is 11.6 Å². The lowest BCUT2D eigenvalue weighted by Gasteiger charge is -2.15. The van der Waals surface area contributed by atoms with E-state index in [0.717, 1.165) is 25.1 Å². The molecule has 3 heteroatoms. The minimum absolute atomic E-state index is 0.341. The molecule has 2 atom stereocenters. The molecule has 0 aromatic heterocycles. The lowest BCUT2D eigenvalue weighted by molar-refractivity contribution is 0.114. The number of ether oxygens (including phenoxy) is 1. The lowest BCUT2D eigenvalue weighted by atomic mass is 10.1. The minimum atomic E-state index is 0.341. The van der Waals surface area contributed by atoms with E-state index in [1.807, 2.05) is 6.92 Å². The third kappa shape index (κ3) is 2.77. The molecule has 1 aliphatic heterocycles. The zero-order chi connectivity index (χ0) is 8.97. The molecule has 2 nitrogen and oxygen atoms in total. The molecule has 1 N–H and O–H groups in total. The summed E-state index contributed by atoms with van der Waals surface area (Å²) >= 11 is 5.54. The van der Waals surface area contributed by atoms with Crippen molar-refractivity contribution in [2.24, 2.45) is 0 Å². The number of rotatable bonds is 3. The zero-order valence-corrected chi connectivity index (χ0v) is 8.40. The van der Waals surface area contributed by atoms with E-state index in [-0.39, 0.29) is 0 Å². The van der Waals surface area contributed by atoms with Crippen LogP contribution in [-0.2, 0) is 4.74 Å². The maximum absolute atomic E-state index is 5.54. The van der Waals surface area contributed by atoms with Gasteiger partial charge in [0.2, 0.25) is 0 Å². The molecular formula is C9H16ClNO. The molecule has 0 radical (unpaired) electrons. The van der Waals surface area contributed by atoms with Gasteiger partial charge in [-0.2, -0.15) is 0 Å². The normalized spacial score (nSPS) is 31.1. The number of hydrogen-bond acceptors (Lipinski definition) is 2. The summed E-state index contributed by atoms with van der Waals surface area (Å²) in [5.74, 6) is 0. The van der Waals surface area contributed by atoms with Gasteiger partial charge in [0.1, 0.15) is 0 Å². The number of halogens is 1. The molecule has 0 aliphatic carbocycles. The van der Waals surface area contributed by atoms with Crippen molar-refractivity contribution in [3.8, 4) is 0 Å². The van der Waals surface area contributed by atoms with Gasteiger partial charge in [0.15, 0.2) is 0 Å². The summed E-state index contributed by atoms with van der Waals surface area (Å²) in [4.78, 5) is 0. The van der Waals surface area contributed by atoms with Crippen molar-refractivity contribution in [3.63, 3.8) is 0 Å². The molecule has 1 heterocycles. The zero-order valence-electron chi connectivity index (χ0n) is 7.64. The van der Waals surface area contributed by atoms with Gasteiger partial charge in [0.05, 0.1) is 6.10 Å². The number of hydrogen-bond donors (Lipinski definition) is 1. The molecule has 0 aromatic rings. The topological polar surface area (TPSA) is 21.3 Å². The summed E-state index contributed by atoms with van der Waals surface area (Å²) in [6.07, 6.45) is 1.45. The average molecular weight is 190 g/mol. The summed E-state index contributed by atoms with van der Waals surface area (Å²) in [6.45, 7) is 5.86. The van der Waals surface area contributed by atoms with E-state index >= 15 is 0 Å². The van der Waals surface area contributed by atoms with Gasteiger partial charge in [-0.25, -0.2) is 0 Å².